The van der Waals surface area contributed by atoms with Gasteiger partial charge in [-0.1, -0.05) is 72.8 Å². The molecule has 9 nitrogen and oxygen atoms in total. The zero-order valence-electron chi connectivity index (χ0n) is 28.3. The number of aromatic nitrogens is 1. The first kappa shape index (κ1) is 35.7. The number of guanidine groups is 1. The number of aliphatic imine (C=N–C) groups is 1. The summed E-state index contributed by atoms with van der Waals surface area (Å²) in [6.45, 7) is 4.35. The molecule has 0 spiro atoms. The molecule has 5 rings (SSSR count). The highest BCUT2D eigenvalue weighted by Gasteiger charge is 2.23. The molecule has 2 amide bonds. The predicted octanol–water partition coefficient (Wildman–Crippen LogP) is 5.65. The Balaban J connectivity index is 1.25. The number of benzene rings is 4. The summed E-state index contributed by atoms with van der Waals surface area (Å²) in [5.74, 6) is -0.903. The lowest BCUT2D eigenvalue weighted by atomic mass is 9.99. The van der Waals surface area contributed by atoms with Gasteiger partial charge in [0.1, 0.15) is 11.9 Å². The van der Waals surface area contributed by atoms with Crippen LogP contribution in [-0.2, 0) is 24.3 Å². The average molecular weight is 674 g/mol. The molecule has 0 radical (unpaired) electrons. The van der Waals surface area contributed by atoms with Crippen molar-refractivity contribution in [3.8, 4) is 0 Å². The van der Waals surface area contributed by atoms with Gasteiger partial charge < -0.3 is 22.1 Å². The standard InChI is InChI=1S/C40H44FN7O2/c1-28(35-11-4-9-32-8-2-3-10-36(32)35)46-39(50)37(12-6-23-45-40(42)43)47-38(49)33-17-13-30(14-18-33)26-48(27-31-7-5-22-44-25-31)24-21-29-15-19-34(41)20-16-29/h2-5,7-11,13-20,22,25,28,37H,6,12,21,23-24,26-27H2,1H3,(H,46,50)(H,47,49)(H4,42,43,45)/t28-,37+/m1/s1. The van der Waals surface area contributed by atoms with E-state index in [4.69, 9.17) is 11.5 Å². The Hall–Kier alpha value is -5.61. The van der Waals surface area contributed by atoms with Crippen molar-refractivity contribution in [1.29, 1.82) is 0 Å². The van der Waals surface area contributed by atoms with E-state index in [9.17, 15) is 14.0 Å². The molecule has 0 saturated heterocycles. The summed E-state index contributed by atoms with van der Waals surface area (Å²) < 4.78 is 13.4. The molecule has 0 bridgehead atoms. The van der Waals surface area contributed by atoms with E-state index in [1.165, 1.54) is 12.1 Å². The third-order valence-corrected chi connectivity index (χ3v) is 8.60. The minimum absolute atomic E-state index is 0.0193. The van der Waals surface area contributed by atoms with E-state index < -0.39 is 6.04 Å². The molecule has 1 aromatic heterocycles. The summed E-state index contributed by atoms with van der Waals surface area (Å²) in [5, 5.41) is 8.20. The summed E-state index contributed by atoms with van der Waals surface area (Å²) >= 11 is 0. The molecule has 5 aromatic rings. The van der Waals surface area contributed by atoms with Crippen LogP contribution in [0.4, 0.5) is 4.39 Å². The summed E-state index contributed by atoms with van der Waals surface area (Å²) in [6.07, 6.45) is 5.21. The summed E-state index contributed by atoms with van der Waals surface area (Å²) in [4.78, 5) is 37.7. The number of halogens is 1. The minimum Gasteiger partial charge on any atom is -0.370 e. The van der Waals surface area contributed by atoms with Crippen molar-refractivity contribution in [2.24, 2.45) is 16.5 Å². The first-order valence-corrected chi connectivity index (χ1v) is 16.8. The number of rotatable bonds is 16. The Labute approximate surface area is 292 Å². The lowest BCUT2D eigenvalue weighted by Gasteiger charge is -2.23. The van der Waals surface area contributed by atoms with Gasteiger partial charge in [-0.25, -0.2) is 4.39 Å². The van der Waals surface area contributed by atoms with E-state index in [2.05, 4.69) is 25.5 Å². The smallest absolute Gasteiger partial charge is 0.251 e. The van der Waals surface area contributed by atoms with Crippen LogP contribution in [0.3, 0.4) is 0 Å². The number of nitrogens with zero attached hydrogens (tertiary/aromatic N) is 3. The number of hydrogen-bond acceptors (Lipinski definition) is 5. The zero-order chi connectivity index (χ0) is 35.3. The number of fused-ring (bicyclic) bond motifs is 1. The number of hydrogen-bond donors (Lipinski definition) is 4. The number of pyridine rings is 1. The monoisotopic (exact) mass is 673 g/mol. The van der Waals surface area contributed by atoms with Crippen molar-refractivity contribution in [2.45, 2.75) is 51.4 Å². The molecule has 0 aliphatic heterocycles. The van der Waals surface area contributed by atoms with Gasteiger partial charge in [-0.3, -0.25) is 24.5 Å². The van der Waals surface area contributed by atoms with Crippen molar-refractivity contribution in [2.75, 3.05) is 13.1 Å². The molecule has 258 valence electrons. The van der Waals surface area contributed by atoms with Crippen molar-refractivity contribution in [3.63, 3.8) is 0 Å². The van der Waals surface area contributed by atoms with Crippen molar-refractivity contribution >= 4 is 28.5 Å². The highest BCUT2D eigenvalue weighted by atomic mass is 19.1. The maximum Gasteiger partial charge on any atom is 0.251 e. The van der Waals surface area contributed by atoms with Crippen LogP contribution in [0.25, 0.3) is 10.8 Å². The second-order valence-electron chi connectivity index (χ2n) is 12.4. The summed E-state index contributed by atoms with van der Waals surface area (Å²) in [7, 11) is 0. The Bertz CT molecular complexity index is 1870. The molecule has 0 unspecified atom stereocenters. The molecule has 4 aromatic carbocycles. The Morgan fingerprint density at radius 1 is 0.840 bits per heavy atom. The largest absolute Gasteiger partial charge is 0.370 e. The third kappa shape index (κ3) is 10.4. The topological polar surface area (TPSA) is 139 Å². The number of carbonyl (C=O) groups excluding carboxylic acids is 2. The number of nitrogens with one attached hydrogen (secondary N) is 2. The number of carbonyl (C=O) groups is 2. The van der Waals surface area contributed by atoms with Gasteiger partial charge >= 0.3 is 0 Å². The Morgan fingerprint density at radius 2 is 1.56 bits per heavy atom. The molecule has 50 heavy (non-hydrogen) atoms. The lowest BCUT2D eigenvalue weighted by Crippen LogP contribution is -2.47. The molecule has 2 atom stereocenters. The zero-order valence-corrected chi connectivity index (χ0v) is 28.3. The summed E-state index contributed by atoms with van der Waals surface area (Å²) in [5.41, 5.74) is 15.6. The molecule has 0 saturated carbocycles. The second kappa shape index (κ2) is 17.7. The SMILES string of the molecule is C[C@@H](NC(=O)[C@H](CCCN=C(N)N)NC(=O)c1ccc(CN(CCc2ccc(F)cc2)Cc2cccnc2)cc1)c1cccc2ccccc12. The van der Waals surface area contributed by atoms with Gasteiger partial charge in [0.25, 0.3) is 5.91 Å². The van der Waals surface area contributed by atoms with Gasteiger partial charge in [0.2, 0.25) is 5.91 Å². The third-order valence-electron chi connectivity index (χ3n) is 8.60. The lowest BCUT2D eigenvalue weighted by molar-refractivity contribution is -0.123. The highest BCUT2D eigenvalue weighted by Crippen LogP contribution is 2.24. The van der Waals surface area contributed by atoms with Gasteiger partial charge in [-0.15, -0.1) is 0 Å². The molecule has 0 aliphatic carbocycles. The maximum atomic E-state index is 13.6. The Kier molecular flexibility index (Phi) is 12.6. The van der Waals surface area contributed by atoms with Gasteiger partial charge in [-0.05, 0) is 89.5 Å². The van der Waals surface area contributed by atoms with Crippen LogP contribution in [0.2, 0.25) is 0 Å². The van der Waals surface area contributed by atoms with Gasteiger partial charge in [0.05, 0.1) is 6.04 Å². The van der Waals surface area contributed by atoms with Crippen LogP contribution >= 0.6 is 0 Å². The normalized spacial score (nSPS) is 12.3. The molecule has 0 fully saturated rings. The van der Waals surface area contributed by atoms with Crippen molar-refractivity contribution < 1.29 is 14.0 Å². The van der Waals surface area contributed by atoms with E-state index in [0.29, 0.717) is 38.0 Å². The van der Waals surface area contributed by atoms with Crippen LogP contribution in [0.15, 0.2) is 121 Å². The van der Waals surface area contributed by atoms with Crippen LogP contribution in [0.1, 0.15) is 58.4 Å². The molecule has 6 N–H and O–H groups in total. The first-order chi connectivity index (χ1) is 24.2. The van der Waals surface area contributed by atoms with E-state index in [1.807, 2.05) is 92.0 Å². The summed E-state index contributed by atoms with van der Waals surface area (Å²) in [6, 6.07) is 30.9. The predicted molar refractivity (Wildman–Crippen MR) is 197 cm³/mol. The Morgan fingerprint density at radius 3 is 2.30 bits per heavy atom. The average Bonchev–Trinajstić information content (AvgIpc) is 3.12. The van der Waals surface area contributed by atoms with Crippen LogP contribution in [0, 0.1) is 5.82 Å². The van der Waals surface area contributed by atoms with Crippen LogP contribution in [0.5, 0.6) is 0 Å². The van der Waals surface area contributed by atoms with Crippen molar-refractivity contribution in [3.05, 3.63) is 149 Å². The van der Waals surface area contributed by atoms with Crippen LogP contribution in [-0.4, -0.2) is 46.8 Å². The van der Waals surface area contributed by atoms with E-state index >= 15 is 0 Å². The highest BCUT2D eigenvalue weighted by molar-refractivity contribution is 5.97. The molecule has 10 heteroatoms. The molecular weight excluding hydrogens is 629 g/mol. The van der Waals surface area contributed by atoms with E-state index in [0.717, 1.165) is 46.0 Å². The fourth-order valence-electron chi connectivity index (χ4n) is 5.96. The van der Waals surface area contributed by atoms with Crippen LogP contribution < -0.4 is 22.1 Å². The number of nitrogens with two attached hydrogens (primary N) is 2. The van der Waals surface area contributed by atoms with E-state index in [1.54, 1.807) is 18.3 Å². The number of amides is 2. The van der Waals surface area contributed by atoms with E-state index in [-0.39, 0.29) is 29.6 Å². The molecule has 0 aliphatic rings. The quantitative estimate of drug-likeness (QED) is 0.0607. The fraction of sp³-hybridized carbons (Fsp3) is 0.250. The van der Waals surface area contributed by atoms with Gasteiger partial charge in [-0.2, -0.15) is 0 Å². The van der Waals surface area contributed by atoms with Gasteiger partial charge in [0, 0.05) is 44.1 Å². The fourth-order valence-corrected chi connectivity index (χ4v) is 5.96. The van der Waals surface area contributed by atoms with Gasteiger partial charge in [0.15, 0.2) is 5.96 Å². The maximum absolute atomic E-state index is 13.6. The molecular formula is C40H44FN7O2. The molecule has 1 heterocycles. The van der Waals surface area contributed by atoms with Crippen molar-refractivity contribution in [1.82, 2.24) is 20.5 Å². The minimum atomic E-state index is -0.796. The first-order valence-electron chi connectivity index (χ1n) is 16.8. The second-order valence-corrected chi connectivity index (χ2v) is 12.4.